The van der Waals surface area contributed by atoms with E-state index in [1.807, 2.05) is 69.3 Å². The van der Waals surface area contributed by atoms with Crippen LogP contribution >= 0.6 is 0 Å². The number of fused-ring (bicyclic) bond motifs is 1. The second kappa shape index (κ2) is 15.1. The zero-order chi connectivity index (χ0) is 37.5. The number of carbonyl (C=O) groups is 3. The number of nitrogens with zero attached hydrogens (tertiary/aromatic N) is 1. The molecule has 8 atom stereocenters. The second-order valence-electron chi connectivity index (χ2n) is 16.6. The summed E-state index contributed by atoms with van der Waals surface area (Å²) in [6.07, 6.45) is 1.92. The molecule has 10 nitrogen and oxygen atoms in total. The number of alkyl carbamates (subject to hydrolysis) is 1. The molecule has 3 aromatic carbocycles. The van der Waals surface area contributed by atoms with Crippen LogP contribution in [0.4, 0.5) is 4.79 Å². The summed E-state index contributed by atoms with van der Waals surface area (Å²) in [5.74, 6) is -0.280. The van der Waals surface area contributed by atoms with E-state index >= 15 is 0 Å². The molecule has 5 fully saturated rings. The Morgan fingerprint density at radius 1 is 0.906 bits per heavy atom. The first kappa shape index (κ1) is 37.4. The first-order valence-electron chi connectivity index (χ1n) is 19.4. The van der Waals surface area contributed by atoms with Gasteiger partial charge in [-0.05, 0) is 77.3 Å². The maximum atomic E-state index is 14.4. The third-order valence-electron chi connectivity index (χ3n) is 12.6. The zero-order valence-electron chi connectivity index (χ0n) is 31.9. The summed E-state index contributed by atoms with van der Waals surface area (Å²) in [5.41, 5.74) is 1.65. The van der Waals surface area contributed by atoms with Crippen LogP contribution in [-0.4, -0.2) is 72.3 Å². The minimum atomic E-state index is -0.908. The van der Waals surface area contributed by atoms with Gasteiger partial charge in [-0.3, -0.25) is 9.59 Å². The van der Waals surface area contributed by atoms with Gasteiger partial charge in [0.05, 0.1) is 30.4 Å². The van der Waals surface area contributed by atoms with E-state index in [0.717, 1.165) is 34.7 Å². The Labute approximate surface area is 313 Å². The van der Waals surface area contributed by atoms with Crippen molar-refractivity contribution in [1.29, 1.82) is 0 Å². The quantitative estimate of drug-likeness (QED) is 0.207. The van der Waals surface area contributed by atoms with Gasteiger partial charge in [-0.2, -0.15) is 0 Å². The van der Waals surface area contributed by atoms with Crippen molar-refractivity contribution in [3.05, 3.63) is 83.9 Å². The van der Waals surface area contributed by atoms with Gasteiger partial charge in [-0.1, -0.05) is 101 Å². The average molecular weight is 724 g/mol. The summed E-state index contributed by atoms with van der Waals surface area (Å²) in [7, 11) is -0.580. The van der Waals surface area contributed by atoms with E-state index < -0.39 is 42.9 Å². The van der Waals surface area contributed by atoms with Gasteiger partial charge in [0.2, 0.25) is 11.8 Å². The molecule has 3 aromatic rings. The Morgan fingerprint density at radius 3 is 2.36 bits per heavy atom. The molecule has 2 N–H and O–H groups in total. The summed E-state index contributed by atoms with van der Waals surface area (Å²) >= 11 is 0. The normalized spacial score (nSPS) is 28.2. The minimum absolute atomic E-state index is 0.00723. The van der Waals surface area contributed by atoms with Crippen molar-refractivity contribution in [2.75, 3.05) is 6.54 Å². The number of rotatable bonds is 12. The second-order valence-corrected chi connectivity index (χ2v) is 16.6. The molecule has 8 rings (SSSR count). The molecule has 3 amide bonds. The lowest BCUT2D eigenvalue weighted by molar-refractivity contribution is -0.199. The Morgan fingerprint density at radius 2 is 1.64 bits per heavy atom. The molecule has 0 radical (unpaired) electrons. The van der Waals surface area contributed by atoms with Gasteiger partial charge < -0.3 is 34.3 Å². The number of ether oxygens (including phenoxy) is 2. The van der Waals surface area contributed by atoms with Crippen LogP contribution in [0, 0.1) is 23.2 Å². The molecule has 53 heavy (non-hydrogen) atoms. The number of likely N-dealkylation sites (tertiary alicyclic amines) is 1. The molecule has 2 heterocycles. The van der Waals surface area contributed by atoms with Crippen LogP contribution in [0.3, 0.4) is 0 Å². The van der Waals surface area contributed by atoms with E-state index in [-0.39, 0.29) is 42.4 Å². The van der Waals surface area contributed by atoms with Crippen LogP contribution in [0.5, 0.6) is 0 Å². The highest BCUT2D eigenvalue weighted by atomic mass is 16.7. The van der Waals surface area contributed by atoms with E-state index in [2.05, 4.69) is 55.7 Å². The van der Waals surface area contributed by atoms with Crippen molar-refractivity contribution in [3.63, 3.8) is 0 Å². The number of hydrogen-bond donors (Lipinski definition) is 2. The highest BCUT2D eigenvalue weighted by Gasteiger charge is 2.68. The van der Waals surface area contributed by atoms with Crippen LogP contribution < -0.4 is 10.6 Å². The summed E-state index contributed by atoms with van der Waals surface area (Å²) in [6, 6.07) is 22.0. The number of hydrogen-bond acceptors (Lipinski definition) is 7. The van der Waals surface area contributed by atoms with Crippen molar-refractivity contribution in [3.8, 4) is 0 Å². The highest BCUT2D eigenvalue weighted by Crippen LogP contribution is 2.65. The molecular formula is C42H54BN3O7. The molecule has 5 aliphatic rings. The van der Waals surface area contributed by atoms with Gasteiger partial charge in [-0.15, -0.1) is 0 Å². The lowest BCUT2D eigenvalue weighted by Crippen LogP contribution is -2.65. The predicted octanol–water partition coefficient (Wildman–Crippen LogP) is 6.44. The molecule has 3 saturated carbocycles. The van der Waals surface area contributed by atoms with Gasteiger partial charge in [0.25, 0.3) is 0 Å². The molecule has 3 aliphatic carbocycles. The van der Waals surface area contributed by atoms with E-state index in [1.54, 1.807) is 4.90 Å². The van der Waals surface area contributed by atoms with Crippen molar-refractivity contribution < 1.29 is 33.2 Å². The zero-order valence-corrected chi connectivity index (χ0v) is 31.9. The first-order chi connectivity index (χ1) is 25.4. The number of amides is 3. The Hall–Kier alpha value is -3.93. The molecular weight excluding hydrogens is 669 g/mol. The fourth-order valence-electron chi connectivity index (χ4n) is 9.25. The maximum absolute atomic E-state index is 14.4. The molecule has 2 bridgehead atoms. The standard InChI is InChI=1S/C42H54BN3O7/c1-7-36(43-52-35-21-31-20-34(41(31,4)5)42(35,6)53-43)44-38(47)33-22-32(50-25-28-17-18-29-15-11-12-16-30(29)19-28)23-46(33)39(48)37(26(2)3)45-40(49)51-24-27-13-9-8-10-14-27/h8-19,26,31-37H,7,20-25H2,1-6H3,(H,44,47)(H,45,49)/t31-,32-,33+,34-,35?,36+,37+,42+/m1/s1. The largest absolute Gasteiger partial charge is 0.481 e. The van der Waals surface area contributed by atoms with Crippen molar-refractivity contribution in [2.24, 2.45) is 23.2 Å². The predicted molar refractivity (Wildman–Crippen MR) is 203 cm³/mol. The average Bonchev–Trinajstić information content (AvgIpc) is 3.75. The van der Waals surface area contributed by atoms with E-state index in [0.29, 0.717) is 31.3 Å². The highest BCUT2D eigenvalue weighted by molar-refractivity contribution is 6.47. The van der Waals surface area contributed by atoms with E-state index in [4.69, 9.17) is 18.8 Å². The van der Waals surface area contributed by atoms with Gasteiger partial charge in [-0.25, -0.2) is 4.79 Å². The third-order valence-corrected chi connectivity index (χ3v) is 12.6. The minimum Gasteiger partial charge on any atom is -0.445 e. The summed E-state index contributed by atoms with van der Waals surface area (Å²) in [5, 5.41) is 8.28. The van der Waals surface area contributed by atoms with Crippen LogP contribution in [0.1, 0.15) is 78.4 Å². The third kappa shape index (κ3) is 7.45. The lowest BCUT2D eigenvalue weighted by Gasteiger charge is -2.64. The fourth-order valence-corrected chi connectivity index (χ4v) is 9.25. The number of benzene rings is 3. The summed E-state index contributed by atoms with van der Waals surface area (Å²) in [6.45, 7) is 13.2. The Balaban J connectivity index is 1.06. The van der Waals surface area contributed by atoms with Gasteiger partial charge >= 0.3 is 13.2 Å². The van der Waals surface area contributed by atoms with Gasteiger partial charge in [0, 0.05) is 13.0 Å². The Bertz CT molecular complexity index is 1810. The molecule has 1 unspecified atom stereocenters. The Kier molecular flexibility index (Phi) is 10.6. The molecule has 0 aromatic heterocycles. The first-order valence-corrected chi connectivity index (χ1v) is 19.4. The molecule has 0 spiro atoms. The molecule has 2 aliphatic heterocycles. The van der Waals surface area contributed by atoms with Gasteiger partial charge in [0.15, 0.2) is 0 Å². The van der Waals surface area contributed by atoms with E-state index in [9.17, 15) is 14.4 Å². The summed E-state index contributed by atoms with van der Waals surface area (Å²) in [4.78, 5) is 43.2. The van der Waals surface area contributed by atoms with Crippen LogP contribution in [0.15, 0.2) is 72.8 Å². The maximum Gasteiger partial charge on any atom is 0.481 e. The van der Waals surface area contributed by atoms with Crippen LogP contribution in [-0.2, 0) is 41.6 Å². The lowest BCUT2D eigenvalue weighted by atomic mass is 9.43. The van der Waals surface area contributed by atoms with Crippen molar-refractivity contribution in [2.45, 2.75) is 116 Å². The fraction of sp³-hybridized carbons (Fsp3) is 0.548. The van der Waals surface area contributed by atoms with Crippen molar-refractivity contribution >= 4 is 35.8 Å². The summed E-state index contributed by atoms with van der Waals surface area (Å²) < 4.78 is 25.2. The monoisotopic (exact) mass is 723 g/mol. The van der Waals surface area contributed by atoms with E-state index in [1.165, 1.54) is 0 Å². The molecule has 2 saturated heterocycles. The topological polar surface area (TPSA) is 115 Å². The number of nitrogens with one attached hydrogen (secondary N) is 2. The van der Waals surface area contributed by atoms with Gasteiger partial charge in [0.1, 0.15) is 18.7 Å². The van der Waals surface area contributed by atoms with Crippen molar-refractivity contribution in [1.82, 2.24) is 15.5 Å². The SMILES string of the molecule is CC[C@H](NC(=O)[C@@H]1C[C@@H](OCc2ccc3ccccc3c2)CN1C(=O)[C@@H](NC(=O)OCc1ccccc1)C(C)C)B1OC2C[C@H]3C[C@H](C3(C)C)[C@]2(C)O1. The van der Waals surface area contributed by atoms with Crippen LogP contribution in [0.25, 0.3) is 10.8 Å². The number of carbonyl (C=O) groups excluding carboxylic acids is 3. The van der Waals surface area contributed by atoms with Crippen LogP contribution in [0.2, 0.25) is 0 Å². The smallest absolute Gasteiger partial charge is 0.445 e. The molecule has 11 heteroatoms. The molecule has 282 valence electrons.